The Labute approximate surface area is 254 Å². The van der Waals surface area contributed by atoms with Gasteiger partial charge in [0, 0.05) is 6.92 Å². The zero-order valence-corrected chi connectivity index (χ0v) is 22.6. The third kappa shape index (κ3) is 31.0. The number of unbranched alkanes of at least 4 members (excludes halogenated alkanes) is 20. The van der Waals surface area contributed by atoms with Gasteiger partial charge in [0.1, 0.15) is 11.9 Å². The van der Waals surface area contributed by atoms with Crippen molar-refractivity contribution >= 4 is 67.5 Å². The van der Waals surface area contributed by atoms with Gasteiger partial charge in [-0.1, -0.05) is 135 Å². The van der Waals surface area contributed by atoms with Crippen LogP contribution in [0.1, 0.15) is 155 Å². The molecule has 0 rings (SSSR count). The minimum absolute atomic E-state index is 0. The van der Waals surface area contributed by atoms with E-state index in [4.69, 9.17) is 9.29 Å². The summed E-state index contributed by atoms with van der Waals surface area (Å²) >= 11 is 0. The van der Waals surface area contributed by atoms with Gasteiger partial charge in [0.15, 0.2) is 0 Å². The van der Waals surface area contributed by atoms with Crippen LogP contribution in [0.15, 0.2) is 0 Å². The molecule has 0 aromatic rings. The van der Waals surface area contributed by atoms with Crippen molar-refractivity contribution < 1.29 is 22.5 Å². The summed E-state index contributed by atoms with van der Waals surface area (Å²) in [6, 6.07) is 0. The molecule has 7 heteroatoms. The van der Waals surface area contributed by atoms with Gasteiger partial charge in [-0.15, -0.1) is 0 Å². The Kier molecular flexibility index (Phi) is 29.6. The first-order valence-corrected chi connectivity index (χ1v) is 15.6. The van der Waals surface area contributed by atoms with E-state index in [1.54, 1.807) is 0 Å². The Balaban J connectivity index is 0. The summed E-state index contributed by atoms with van der Waals surface area (Å²) in [6.07, 6.45) is 27.5. The van der Waals surface area contributed by atoms with Crippen LogP contribution in [0.2, 0.25) is 0 Å². The summed E-state index contributed by atoms with van der Waals surface area (Å²) in [7, 11) is -4.12. The Morgan fingerprint density at radius 1 is 0.647 bits per heavy atom. The van der Waals surface area contributed by atoms with E-state index in [-0.39, 0.29) is 51.4 Å². The van der Waals surface area contributed by atoms with Crippen LogP contribution >= 0.6 is 0 Å². The first-order valence-electron chi connectivity index (χ1n) is 14.0. The summed E-state index contributed by atoms with van der Waals surface area (Å²) in [5.74, 6) is -1.02. The number of rotatable bonds is 25. The molecule has 0 spiro atoms. The minimum atomic E-state index is -4.12. The summed E-state index contributed by atoms with van der Waals surface area (Å²) in [5.41, 5.74) is 0. The summed E-state index contributed by atoms with van der Waals surface area (Å²) in [4.78, 5) is 11.1. The van der Waals surface area contributed by atoms with Crippen LogP contribution in [0.4, 0.5) is 0 Å². The van der Waals surface area contributed by atoms with Crippen molar-refractivity contribution in [3.05, 3.63) is 0 Å². The first kappa shape index (κ1) is 37.2. The van der Waals surface area contributed by atoms with Gasteiger partial charge in [0.05, 0.1) is 0 Å². The fourth-order valence-electron chi connectivity index (χ4n) is 4.45. The number of carbonyl (C=O) groups excluding carboxylic acids is 1. The average molecular weight is 531 g/mol. The topological polar surface area (TPSA) is 80.7 Å². The molecule has 0 aliphatic heterocycles. The van der Waals surface area contributed by atoms with Gasteiger partial charge in [-0.3, -0.25) is 9.35 Å². The van der Waals surface area contributed by atoms with Gasteiger partial charge in [-0.05, 0) is 12.8 Å². The zero-order chi connectivity index (χ0) is 24.6. The molecule has 1 unspecified atom stereocenters. The van der Waals surface area contributed by atoms with Gasteiger partial charge in [0.2, 0.25) is 0 Å². The number of ether oxygens (including phenoxy) is 1. The van der Waals surface area contributed by atoms with Crippen molar-refractivity contribution in [1.82, 2.24) is 0 Å². The maximum absolute atomic E-state index is 11.1. The fraction of sp³-hybridized carbons (Fsp3) is 0.963. The van der Waals surface area contributed by atoms with Crippen LogP contribution in [-0.2, 0) is 19.6 Å². The van der Waals surface area contributed by atoms with Crippen LogP contribution in [0, 0.1) is 0 Å². The zero-order valence-electron chi connectivity index (χ0n) is 21.8. The second-order valence-electron chi connectivity index (χ2n) is 9.84. The number of carbonyl (C=O) groups is 1. The third-order valence-corrected chi connectivity index (χ3v) is 7.15. The number of hydrogen-bond acceptors (Lipinski definition) is 4. The van der Waals surface area contributed by atoms with Crippen LogP contribution in [0.25, 0.3) is 0 Å². The molecule has 0 saturated carbocycles. The molecule has 0 radical (unpaired) electrons. The maximum atomic E-state index is 11.1. The molecule has 0 saturated heterocycles. The van der Waals surface area contributed by atoms with Crippen LogP contribution in [0.3, 0.4) is 0 Å². The predicted octanol–water partition coefficient (Wildman–Crippen LogP) is 7.76. The fourth-order valence-corrected chi connectivity index (χ4v) is 5.15. The predicted molar refractivity (Wildman–Crippen MR) is 146 cm³/mol. The molecule has 0 aliphatic rings. The van der Waals surface area contributed by atoms with Crippen molar-refractivity contribution in [2.24, 2.45) is 0 Å². The average Bonchev–Trinajstić information content (AvgIpc) is 2.73. The quantitative estimate of drug-likeness (QED) is 0.0564. The molecule has 1 atom stereocenters. The summed E-state index contributed by atoms with van der Waals surface area (Å²) in [6.45, 7) is 3.54. The molecule has 200 valence electrons. The van der Waals surface area contributed by atoms with E-state index in [9.17, 15) is 13.2 Å². The van der Waals surface area contributed by atoms with Crippen molar-refractivity contribution in [2.45, 2.75) is 161 Å². The van der Waals surface area contributed by atoms with E-state index in [0.29, 0.717) is 6.42 Å². The molecule has 0 fully saturated rings. The molecule has 5 nitrogen and oxygen atoms in total. The normalized spacial score (nSPS) is 12.3. The Morgan fingerprint density at radius 2 is 0.941 bits per heavy atom. The Hall–Kier alpha value is 1.02. The Morgan fingerprint density at radius 3 is 1.21 bits per heavy atom. The second kappa shape index (κ2) is 27.1. The number of hydrogen-bond donors (Lipinski definition) is 1. The molecule has 0 heterocycles. The second-order valence-corrected chi connectivity index (χ2v) is 11.3. The summed E-state index contributed by atoms with van der Waals surface area (Å²) < 4.78 is 36.0. The Bertz CT molecular complexity index is 539. The molecular weight excluding hydrogens is 475 g/mol. The van der Waals surface area contributed by atoms with Crippen LogP contribution in [-0.4, -0.2) is 82.2 Å². The van der Waals surface area contributed by atoms with Crippen molar-refractivity contribution in [1.29, 1.82) is 0 Å². The first-order chi connectivity index (χ1) is 15.8. The third-order valence-electron chi connectivity index (χ3n) is 6.36. The molecule has 0 aliphatic carbocycles. The summed E-state index contributed by atoms with van der Waals surface area (Å²) in [5, 5.41) is 0. The molecular formula is C27H55KO5S. The molecule has 0 bridgehead atoms. The van der Waals surface area contributed by atoms with Gasteiger partial charge in [-0.2, -0.15) is 8.42 Å². The van der Waals surface area contributed by atoms with E-state index in [2.05, 4.69) is 6.92 Å². The van der Waals surface area contributed by atoms with Crippen LogP contribution in [0.5, 0.6) is 0 Å². The van der Waals surface area contributed by atoms with E-state index in [1.807, 2.05) is 0 Å². The molecule has 0 amide bonds. The number of esters is 1. The van der Waals surface area contributed by atoms with E-state index >= 15 is 0 Å². The van der Waals surface area contributed by atoms with Crippen molar-refractivity contribution in [3.63, 3.8) is 0 Å². The van der Waals surface area contributed by atoms with Gasteiger partial charge >= 0.3 is 57.4 Å². The SMILES string of the molecule is CCCCCCCCCCCCCCCCCCCCCCCC(CS(=O)(=O)O)OC(C)=O.[KH]. The van der Waals surface area contributed by atoms with E-state index in [1.165, 1.54) is 122 Å². The van der Waals surface area contributed by atoms with Gasteiger partial charge in [-0.25, -0.2) is 0 Å². The van der Waals surface area contributed by atoms with Gasteiger partial charge in [0.25, 0.3) is 10.1 Å². The molecule has 34 heavy (non-hydrogen) atoms. The van der Waals surface area contributed by atoms with E-state index in [0.717, 1.165) is 19.3 Å². The molecule has 0 aromatic heterocycles. The van der Waals surface area contributed by atoms with E-state index < -0.39 is 27.9 Å². The van der Waals surface area contributed by atoms with Crippen molar-refractivity contribution in [2.75, 3.05) is 5.75 Å². The molecule has 0 aromatic carbocycles. The van der Waals surface area contributed by atoms with Gasteiger partial charge < -0.3 is 4.74 Å². The van der Waals surface area contributed by atoms with Crippen molar-refractivity contribution in [3.8, 4) is 0 Å². The standard InChI is InChI=1S/C27H54O5S.K.H/c1-3-4-5-6-7-8-9-10-11-12-13-14-15-16-17-18-19-20-21-22-23-24-27(32-26(2)28)25-33(29,30)31;;/h27H,3-25H2,1-2H3,(H,29,30,31);;. The van der Waals surface area contributed by atoms with Crippen LogP contribution < -0.4 is 0 Å². The molecule has 1 N–H and O–H groups in total. The monoisotopic (exact) mass is 530 g/mol.